The van der Waals surface area contributed by atoms with Crippen molar-refractivity contribution in [2.24, 2.45) is 0 Å². The van der Waals surface area contributed by atoms with Crippen LogP contribution in [-0.2, 0) is 0 Å². The number of anilines is 1. The number of hydrogen-bond acceptors (Lipinski definition) is 4. The van der Waals surface area contributed by atoms with Crippen molar-refractivity contribution < 1.29 is 9.47 Å². The van der Waals surface area contributed by atoms with E-state index in [4.69, 9.17) is 33.3 Å². The Labute approximate surface area is 227 Å². The molecule has 37 heavy (non-hydrogen) atoms. The van der Waals surface area contributed by atoms with Gasteiger partial charge in [0.25, 0.3) is 0 Å². The first kappa shape index (κ1) is 25.1. The number of hydrogen-bond donors (Lipinski definition) is 1. The Hall–Kier alpha value is -3.55. The number of nitrogens with zero attached hydrogens (tertiary/aromatic N) is 3. The molecule has 5 rings (SSSR count). The van der Waals surface area contributed by atoms with Crippen molar-refractivity contribution in [2.75, 3.05) is 19.1 Å². The fourth-order valence-corrected chi connectivity index (χ4v) is 5.72. The molecule has 1 N–H and O–H groups in total. The van der Waals surface area contributed by atoms with Crippen LogP contribution in [0.4, 0.5) is 5.69 Å². The second-order valence-corrected chi connectivity index (χ2v) is 9.87. The summed E-state index contributed by atoms with van der Waals surface area (Å²) in [6.07, 6.45) is 1.81. The summed E-state index contributed by atoms with van der Waals surface area (Å²) in [5.74, 6) is 1.39. The molecule has 1 aliphatic rings. The molecule has 0 saturated carbocycles. The summed E-state index contributed by atoms with van der Waals surface area (Å²) in [6.45, 7) is 6.31. The van der Waals surface area contributed by atoms with Gasteiger partial charge >= 0.3 is 0 Å². The van der Waals surface area contributed by atoms with E-state index >= 15 is 0 Å². The average molecular weight is 533 g/mol. The minimum Gasteiger partial charge on any atom is -0.497 e. The van der Waals surface area contributed by atoms with Crippen molar-refractivity contribution in [3.63, 3.8) is 0 Å². The molecule has 0 unspecified atom stereocenters. The molecule has 0 radical (unpaired) electrons. The van der Waals surface area contributed by atoms with Gasteiger partial charge in [-0.2, -0.15) is 0 Å². The number of nitrogens with one attached hydrogen (secondary N) is 1. The number of pyridine rings is 1. The summed E-state index contributed by atoms with van der Waals surface area (Å²) >= 11 is 12.4. The zero-order chi connectivity index (χ0) is 26.3. The maximum Gasteiger partial charge on any atom is 0.174 e. The van der Waals surface area contributed by atoms with Gasteiger partial charge in [0.05, 0.1) is 37.7 Å². The smallest absolute Gasteiger partial charge is 0.174 e. The van der Waals surface area contributed by atoms with Gasteiger partial charge in [0.15, 0.2) is 5.11 Å². The Morgan fingerprint density at radius 3 is 2.46 bits per heavy atom. The summed E-state index contributed by atoms with van der Waals surface area (Å²) in [4.78, 5) is 6.82. The number of rotatable bonds is 6. The predicted octanol–water partition coefficient (Wildman–Crippen LogP) is 6.65. The van der Waals surface area contributed by atoms with Crippen molar-refractivity contribution in [1.29, 1.82) is 0 Å². The predicted molar refractivity (Wildman–Crippen MR) is 152 cm³/mol. The molecule has 190 valence electrons. The molecule has 4 aromatic rings. The van der Waals surface area contributed by atoms with E-state index in [1.165, 1.54) is 0 Å². The zero-order valence-electron chi connectivity index (χ0n) is 21.4. The van der Waals surface area contributed by atoms with E-state index in [2.05, 4.69) is 45.7 Å². The number of thiocarbonyl (C=S) groups is 1. The number of aromatic nitrogens is 2. The van der Waals surface area contributed by atoms with Crippen LogP contribution < -0.4 is 19.7 Å². The highest BCUT2D eigenvalue weighted by atomic mass is 35.5. The number of methoxy groups -OCH3 is 2. The third kappa shape index (κ3) is 4.32. The Kier molecular flexibility index (Phi) is 6.84. The molecule has 2 atom stereocenters. The lowest BCUT2D eigenvalue weighted by molar-refractivity contribution is 0.394. The van der Waals surface area contributed by atoms with Gasteiger partial charge in [-0.3, -0.25) is 4.98 Å². The van der Waals surface area contributed by atoms with E-state index in [0.29, 0.717) is 16.6 Å². The Morgan fingerprint density at radius 1 is 0.946 bits per heavy atom. The largest absolute Gasteiger partial charge is 0.497 e. The summed E-state index contributed by atoms with van der Waals surface area (Å²) in [5, 5.41) is 4.89. The van der Waals surface area contributed by atoms with Crippen molar-refractivity contribution >= 4 is 34.6 Å². The Balaban J connectivity index is 1.72. The molecular weight excluding hydrogens is 504 g/mol. The summed E-state index contributed by atoms with van der Waals surface area (Å²) < 4.78 is 13.5. The van der Waals surface area contributed by atoms with Gasteiger partial charge in [-0.15, -0.1) is 0 Å². The summed E-state index contributed by atoms with van der Waals surface area (Å²) in [5.41, 5.74) is 7.21. The lowest BCUT2D eigenvalue weighted by atomic mass is 9.96. The second-order valence-electron chi connectivity index (χ2n) is 9.08. The lowest BCUT2D eigenvalue weighted by Gasteiger charge is -2.29. The molecule has 1 aliphatic heterocycles. The maximum atomic E-state index is 6.50. The first-order valence-corrected chi connectivity index (χ1v) is 12.8. The normalized spacial score (nSPS) is 17.1. The molecule has 8 heteroatoms. The van der Waals surface area contributed by atoms with Crippen molar-refractivity contribution in [3.8, 4) is 17.2 Å². The minimum atomic E-state index is -0.177. The maximum absolute atomic E-state index is 6.50. The molecular formula is C29H29ClN4O2S. The van der Waals surface area contributed by atoms with Crippen LogP contribution in [0, 0.1) is 20.8 Å². The minimum absolute atomic E-state index is 0.171. The van der Waals surface area contributed by atoms with E-state index in [1.54, 1.807) is 14.2 Å². The van der Waals surface area contributed by atoms with Crippen molar-refractivity contribution in [3.05, 3.63) is 100 Å². The van der Waals surface area contributed by atoms with Crippen molar-refractivity contribution in [2.45, 2.75) is 32.9 Å². The first-order valence-electron chi connectivity index (χ1n) is 12.0. The van der Waals surface area contributed by atoms with Gasteiger partial charge in [-0.1, -0.05) is 23.7 Å². The zero-order valence-corrected chi connectivity index (χ0v) is 23.0. The van der Waals surface area contributed by atoms with E-state index in [0.717, 1.165) is 44.6 Å². The second kappa shape index (κ2) is 10.1. The highest BCUT2D eigenvalue weighted by Gasteiger charge is 2.43. The van der Waals surface area contributed by atoms with Crippen LogP contribution >= 0.6 is 23.8 Å². The quantitative estimate of drug-likeness (QED) is 0.281. The van der Waals surface area contributed by atoms with E-state index in [1.807, 2.05) is 61.7 Å². The van der Waals surface area contributed by atoms with Crippen LogP contribution in [-0.4, -0.2) is 28.9 Å². The molecule has 0 amide bonds. The van der Waals surface area contributed by atoms with Gasteiger partial charge in [0.1, 0.15) is 11.5 Å². The SMILES string of the molecule is COc1ccc(N2C(=S)N[C@H](c3ccccn3)[C@H]2c2cc(C)n(-c3cccc(Cl)c3C)c2C)c(OC)c1. The third-order valence-corrected chi connectivity index (χ3v) is 7.74. The molecule has 2 aromatic carbocycles. The highest BCUT2D eigenvalue weighted by Crippen LogP contribution is 2.47. The molecule has 2 aromatic heterocycles. The van der Waals surface area contributed by atoms with E-state index in [9.17, 15) is 0 Å². The number of halogens is 1. The van der Waals surface area contributed by atoms with Gasteiger partial charge in [-0.05, 0) is 86.6 Å². The Morgan fingerprint density at radius 2 is 1.76 bits per heavy atom. The molecule has 1 fully saturated rings. The van der Waals surface area contributed by atoms with Gasteiger partial charge in [0.2, 0.25) is 0 Å². The standard InChI is InChI=1S/C29H29ClN4O2S/c1-17-15-21(19(3)33(17)24-11-8-9-22(30)18(24)2)28-27(23-10-6-7-14-31-23)32-29(37)34(28)25-13-12-20(35-4)16-26(25)36-5/h6-16,27-28H,1-5H3,(H,32,37)/t27-,28-/m1/s1. The van der Waals surface area contributed by atoms with Gasteiger partial charge in [0, 0.05) is 34.4 Å². The molecule has 3 heterocycles. The van der Waals surface area contributed by atoms with Crippen LogP contribution in [0.5, 0.6) is 11.5 Å². The monoisotopic (exact) mass is 532 g/mol. The lowest BCUT2D eigenvalue weighted by Crippen LogP contribution is -2.30. The number of benzene rings is 2. The van der Waals surface area contributed by atoms with Crippen molar-refractivity contribution in [1.82, 2.24) is 14.9 Å². The summed E-state index contributed by atoms with van der Waals surface area (Å²) in [6, 6.07) is 19.6. The highest BCUT2D eigenvalue weighted by molar-refractivity contribution is 7.80. The van der Waals surface area contributed by atoms with Crippen LogP contribution in [0.15, 0.2) is 66.9 Å². The molecule has 0 spiro atoms. The number of ether oxygens (including phenoxy) is 2. The number of aryl methyl sites for hydroxylation is 1. The average Bonchev–Trinajstić information content (AvgIpc) is 3.40. The first-order chi connectivity index (χ1) is 17.8. The van der Waals surface area contributed by atoms with Crippen LogP contribution in [0.25, 0.3) is 5.69 Å². The molecule has 1 saturated heterocycles. The van der Waals surface area contributed by atoms with Gasteiger partial charge < -0.3 is 24.3 Å². The topological polar surface area (TPSA) is 51.5 Å². The van der Waals surface area contributed by atoms with Crippen LogP contribution in [0.3, 0.4) is 0 Å². The molecule has 0 aliphatic carbocycles. The third-order valence-electron chi connectivity index (χ3n) is 7.01. The molecule has 0 bridgehead atoms. The fraction of sp³-hybridized carbons (Fsp3) is 0.241. The van der Waals surface area contributed by atoms with E-state index < -0.39 is 0 Å². The molecule has 6 nitrogen and oxygen atoms in total. The van der Waals surface area contributed by atoms with Crippen LogP contribution in [0.2, 0.25) is 5.02 Å². The Bertz CT molecular complexity index is 1470. The fourth-order valence-electron chi connectivity index (χ4n) is 5.21. The van der Waals surface area contributed by atoms with Gasteiger partial charge in [-0.25, -0.2) is 0 Å². The van der Waals surface area contributed by atoms with Crippen LogP contribution in [0.1, 0.15) is 40.3 Å². The summed E-state index contributed by atoms with van der Waals surface area (Å²) in [7, 11) is 3.30. The van der Waals surface area contributed by atoms with E-state index in [-0.39, 0.29) is 12.1 Å².